The molecule has 2 fully saturated rings. The molecule has 2 aliphatic heterocycles. The summed E-state index contributed by atoms with van der Waals surface area (Å²) in [6.07, 6.45) is 6.34. The van der Waals surface area contributed by atoms with Gasteiger partial charge in [-0.1, -0.05) is 23.7 Å². The second-order valence-electron chi connectivity index (χ2n) is 11.2. The van der Waals surface area contributed by atoms with Crippen molar-refractivity contribution in [2.75, 3.05) is 29.9 Å². The van der Waals surface area contributed by atoms with Crippen LogP contribution in [0.5, 0.6) is 0 Å². The molecule has 0 unspecified atom stereocenters. The fraction of sp³-hybridized carbons (Fsp3) is 0.433. The van der Waals surface area contributed by atoms with Crippen LogP contribution in [0.25, 0.3) is 0 Å². The van der Waals surface area contributed by atoms with Crippen molar-refractivity contribution in [2.24, 2.45) is 18.9 Å². The topological polar surface area (TPSA) is 82.5 Å². The Bertz CT molecular complexity index is 1410. The Kier molecular flexibility index (Phi) is 7.08. The van der Waals surface area contributed by atoms with Gasteiger partial charge >= 0.3 is 0 Å². The molecule has 3 aromatic rings. The monoisotopic (exact) mass is 546 g/mol. The van der Waals surface area contributed by atoms with Crippen molar-refractivity contribution in [2.45, 2.75) is 45.7 Å². The number of nitrogens with zero attached hydrogens (tertiary/aromatic N) is 4. The molecule has 3 aliphatic rings. The predicted molar refractivity (Wildman–Crippen MR) is 153 cm³/mol. The Balaban J connectivity index is 1.13. The Morgan fingerprint density at radius 1 is 1.10 bits per heavy atom. The van der Waals surface area contributed by atoms with Gasteiger partial charge in [0.1, 0.15) is 5.82 Å². The minimum atomic E-state index is -0.183. The summed E-state index contributed by atoms with van der Waals surface area (Å²) in [5.74, 6) is 1.74. The van der Waals surface area contributed by atoms with E-state index in [0.717, 1.165) is 65.7 Å². The third-order valence-corrected chi connectivity index (χ3v) is 8.50. The van der Waals surface area contributed by atoms with Gasteiger partial charge in [0.05, 0.1) is 34.7 Å². The number of anilines is 3. The molecule has 1 saturated heterocycles. The highest BCUT2D eigenvalue weighted by molar-refractivity contribution is 6.34. The van der Waals surface area contributed by atoms with Crippen LogP contribution in [0.3, 0.4) is 0 Å². The first-order valence-electron chi connectivity index (χ1n) is 13.8. The van der Waals surface area contributed by atoms with Crippen molar-refractivity contribution < 1.29 is 9.59 Å². The zero-order chi connectivity index (χ0) is 27.1. The molecule has 8 nitrogen and oxygen atoms in total. The molecule has 39 heavy (non-hydrogen) atoms. The van der Waals surface area contributed by atoms with Crippen molar-refractivity contribution in [3.05, 3.63) is 69.9 Å². The van der Waals surface area contributed by atoms with Gasteiger partial charge in [-0.25, -0.2) is 0 Å². The number of hydrogen-bond acceptors (Lipinski definition) is 5. The fourth-order valence-corrected chi connectivity index (χ4v) is 5.96. The number of likely N-dealkylation sites (tertiary alicyclic amines) is 1. The van der Waals surface area contributed by atoms with Crippen molar-refractivity contribution in [1.29, 1.82) is 0 Å². The van der Waals surface area contributed by atoms with Crippen LogP contribution < -0.4 is 15.5 Å². The first kappa shape index (κ1) is 25.9. The highest BCUT2D eigenvalue weighted by Gasteiger charge is 2.30. The van der Waals surface area contributed by atoms with Gasteiger partial charge in [-0.3, -0.25) is 14.3 Å². The molecule has 0 bridgehead atoms. The number of aryl methyl sites for hydroxylation is 2. The molecule has 2 N–H and O–H groups in total. The van der Waals surface area contributed by atoms with Gasteiger partial charge in [0.15, 0.2) is 0 Å². The lowest BCUT2D eigenvalue weighted by atomic mass is 9.95. The van der Waals surface area contributed by atoms with Crippen molar-refractivity contribution in [3.63, 3.8) is 0 Å². The first-order valence-corrected chi connectivity index (χ1v) is 14.2. The van der Waals surface area contributed by atoms with Crippen molar-refractivity contribution in [1.82, 2.24) is 20.0 Å². The molecule has 2 aromatic carbocycles. The third-order valence-electron chi connectivity index (χ3n) is 8.19. The summed E-state index contributed by atoms with van der Waals surface area (Å²) >= 11 is 6.67. The predicted octanol–water partition coefficient (Wildman–Crippen LogP) is 5.02. The standard InChI is InChI=1S/C30H35ClN6O2/c1-19-3-8-27-26(13-19)34-28-23(16-33-35(28)2)18-37(27)30(39)24-7-6-21(14-25(24)31)15-32-29(38)22-9-11-36(12-10-22)17-20-4-5-20/h3,6-8,13-14,16,20,22,34H,4-5,9-12,15,17-18H2,1-2H3,(H,32,38). The van der Waals surface area contributed by atoms with E-state index in [1.54, 1.807) is 27.9 Å². The summed E-state index contributed by atoms with van der Waals surface area (Å²) < 4.78 is 1.78. The molecule has 0 spiro atoms. The van der Waals surface area contributed by atoms with E-state index in [4.69, 9.17) is 11.6 Å². The second-order valence-corrected chi connectivity index (χ2v) is 11.6. The van der Waals surface area contributed by atoms with E-state index in [9.17, 15) is 9.59 Å². The molecule has 2 amide bonds. The molecular weight excluding hydrogens is 512 g/mol. The van der Waals surface area contributed by atoms with E-state index in [1.807, 2.05) is 38.2 Å². The molecule has 9 heteroatoms. The van der Waals surface area contributed by atoms with Gasteiger partial charge in [0.25, 0.3) is 5.91 Å². The molecule has 6 rings (SSSR count). The van der Waals surface area contributed by atoms with Gasteiger partial charge < -0.3 is 20.4 Å². The lowest BCUT2D eigenvalue weighted by molar-refractivity contribution is -0.126. The van der Waals surface area contributed by atoms with Crippen LogP contribution in [0, 0.1) is 18.8 Å². The molecule has 1 saturated carbocycles. The van der Waals surface area contributed by atoms with E-state index < -0.39 is 0 Å². The summed E-state index contributed by atoms with van der Waals surface area (Å²) in [5, 5.41) is 11.3. The molecular formula is C30H35ClN6O2. The van der Waals surface area contributed by atoms with Gasteiger partial charge in [0, 0.05) is 31.6 Å². The van der Waals surface area contributed by atoms with Crippen LogP contribution in [0.2, 0.25) is 5.02 Å². The number of fused-ring (bicyclic) bond motifs is 2. The lowest BCUT2D eigenvalue weighted by Gasteiger charge is -2.31. The zero-order valence-electron chi connectivity index (χ0n) is 22.5. The molecule has 3 heterocycles. The zero-order valence-corrected chi connectivity index (χ0v) is 23.3. The van der Waals surface area contributed by atoms with Crippen LogP contribution >= 0.6 is 11.6 Å². The maximum atomic E-state index is 13.8. The Morgan fingerprint density at radius 3 is 2.64 bits per heavy atom. The van der Waals surface area contributed by atoms with E-state index in [0.29, 0.717) is 23.7 Å². The van der Waals surface area contributed by atoms with E-state index >= 15 is 0 Å². The number of hydrogen-bond donors (Lipinski definition) is 2. The SMILES string of the molecule is Cc1ccc2c(c1)Nc1c(cnn1C)CN2C(=O)c1ccc(CNC(=O)C2CCN(CC3CC3)CC2)cc1Cl. The number of halogens is 1. The summed E-state index contributed by atoms with van der Waals surface area (Å²) in [7, 11) is 1.88. The van der Waals surface area contributed by atoms with E-state index in [-0.39, 0.29) is 17.7 Å². The highest BCUT2D eigenvalue weighted by Crippen LogP contribution is 2.37. The Morgan fingerprint density at radius 2 is 1.90 bits per heavy atom. The van der Waals surface area contributed by atoms with Crippen LogP contribution in [0.15, 0.2) is 42.6 Å². The minimum absolute atomic E-state index is 0.0643. The van der Waals surface area contributed by atoms with E-state index in [1.165, 1.54) is 19.4 Å². The number of nitrogens with one attached hydrogen (secondary N) is 2. The largest absolute Gasteiger partial charge is 0.352 e. The molecule has 0 atom stereocenters. The minimum Gasteiger partial charge on any atom is -0.352 e. The smallest absolute Gasteiger partial charge is 0.260 e. The van der Waals surface area contributed by atoms with Crippen molar-refractivity contribution in [3.8, 4) is 0 Å². The highest BCUT2D eigenvalue weighted by atomic mass is 35.5. The average molecular weight is 547 g/mol. The second kappa shape index (κ2) is 10.7. The van der Waals surface area contributed by atoms with Gasteiger partial charge in [-0.2, -0.15) is 5.10 Å². The number of piperidine rings is 1. The van der Waals surface area contributed by atoms with Crippen LogP contribution in [-0.2, 0) is 24.9 Å². The van der Waals surface area contributed by atoms with Gasteiger partial charge in [0.2, 0.25) is 5.91 Å². The molecule has 204 valence electrons. The molecule has 1 aliphatic carbocycles. The van der Waals surface area contributed by atoms with E-state index in [2.05, 4.69) is 20.6 Å². The maximum Gasteiger partial charge on any atom is 0.260 e. The summed E-state index contributed by atoms with van der Waals surface area (Å²) in [4.78, 5) is 30.9. The van der Waals surface area contributed by atoms with Crippen LogP contribution in [0.1, 0.15) is 52.7 Å². The number of aromatic nitrogens is 2. The van der Waals surface area contributed by atoms with Crippen molar-refractivity contribution >= 4 is 40.6 Å². The number of amides is 2. The normalized spacial score (nSPS) is 17.7. The summed E-state index contributed by atoms with van der Waals surface area (Å²) in [6, 6.07) is 11.4. The third kappa shape index (κ3) is 5.54. The number of rotatable bonds is 6. The molecule has 0 radical (unpaired) electrons. The Hall–Kier alpha value is -3.36. The quantitative estimate of drug-likeness (QED) is 0.453. The summed E-state index contributed by atoms with van der Waals surface area (Å²) in [6.45, 7) is 6.00. The van der Waals surface area contributed by atoms with Crippen LogP contribution in [-0.4, -0.2) is 46.1 Å². The number of benzene rings is 2. The fourth-order valence-electron chi connectivity index (χ4n) is 5.67. The average Bonchev–Trinajstić information content (AvgIpc) is 3.71. The van der Waals surface area contributed by atoms with Gasteiger partial charge in [-0.15, -0.1) is 0 Å². The Labute approximate surface area is 234 Å². The maximum absolute atomic E-state index is 13.8. The van der Waals surface area contributed by atoms with Gasteiger partial charge in [-0.05, 0) is 87.0 Å². The summed E-state index contributed by atoms with van der Waals surface area (Å²) in [5.41, 5.74) is 4.95. The lowest BCUT2D eigenvalue weighted by Crippen LogP contribution is -2.41. The first-order chi connectivity index (χ1) is 18.9. The molecule has 1 aromatic heterocycles. The number of carbonyl (C=O) groups excluding carboxylic acids is 2. The van der Waals surface area contributed by atoms with Crippen LogP contribution in [0.4, 0.5) is 17.2 Å². The number of carbonyl (C=O) groups is 2.